The van der Waals surface area contributed by atoms with Crippen LogP contribution in [0.3, 0.4) is 0 Å². The number of rotatable bonds is 3. The zero-order valence-electron chi connectivity index (χ0n) is 9.41. The molecule has 0 spiro atoms. The van der Waals surface area contributed by atoms with Crippen molar-refractivity contribution in [2.75, 3.05) is 6.61 Å². The van der Waals surface area contributed by atoms with Crippen molar-refractivity contribution >= 4 is 0 Å². The highest BCUT2D eigenvalue weighted by atomic mass is 19.1. The summed E-state index contributed by atoms with van der Waals surface area (Å²) >= 11 is 0. The quantitative estimate of drug-likeness (QED) is 0.779. The maximum atomic E-state index is 13.8. The van der Waals surface area contributed by atoms with E-state index in [-0.39, 0.29) is 5.82 Å². The highest BCUT2D eigenvalue weighted by Gasteiger charge is 2.07. The van der Waals surface area contributed by atoms with E-state index in [1.54, 1.807) is 24.3 Å². The number of halogens is 2. The molecule has 0 amide bonds. The second kappa shape index (κ2) is 4.95. The van der Waals surface area contributed by atoms with Gasteiger partial charge in [0.2, 0.25) is 0 Å². The summed E-state index contributed by atoms with van der Waals surface area (Å²) in [4.78, 5) is 0. The fraction of sp³-hybridized carbons (Fsp3) is 0.143. The Kier molecular flexibility index (Phi) is 3.38. The summed E-state index contributed by atoms with van der Waals surface area (Å²) in [7, 11) is 0. The van der Waals surface area contributed by atoms with E-state index in [0.29, 0.717) is 23.5 Å². The van der Waals surface area contributed by atoms with Gasteiger partial charge in [0.05, 0.1) is 6.61 Å². The first kappa shape index (κ1) is 11.6. The summed E-state index contributed by atoms with van der Waals surface area (Å²) in [5.74, 6) is -0.317. The monoisotopic (exact) mass is 234 g/mol. The highest BCUT2D eigenvalue weighted by molar-refractivity contribution is 5.64. The SMILES string of the molecule is CCOc1ccc(-c2cccc(F)c2)c(F)c1. The molecule has 3 heteroatoms. The van der Waals surface area contributed by atoms with Crippen LogP contribution in [0.4, 0.5) is 8.78 Å². The summed E-state index contributed by atoms with van der Waals surface area (Å²) in [6.07, 6.45) is 0. The van der Waals surface area contributed by atoms with E-state index in [0.717, 1.165) is 0 Å². The molecule has 0 atom stereocenters. The van der Waals surface area contributed by atoms with Crippen LogP contribution in [0, 0.1) is 11.6 Å². The molecule has 2 rings (SSSR count). The minimum Gasteiger partial charge on any atom is -0.494 e. The predicted molar refractivity (Wildman–Crippen MR) is 63.0 cm³/mol. The summed E-state index contributed by atoms with van der Waals surface area (Å²) < 4.78 is 32.0. The smallest absolute Gasteiger partial charge is 0.134 e. The molecule has 2 aromatic carbocycles. The van der Waals surface area contributed by atoms with Gasteiger partial charge >= 0.3 is 0 Å². The van der Waals surface area contributed by atoms with Crippen molar-refractivity contribution in [1.82, 2.24) is 0 Å². The summed E-state index contributed by atoms with van der Waals surface area (Å²) in [6.45, 7) is 2.32. The van der Waals surface area contributed by atoms with Gasteiger partial charge in [0.25, 0.3) is 0 Å². The van der Waals surface area contributed by atoms with Gasteiger partial charge in [-0.25, -0.2) is 8.78 Å². The summed E-state index contributed by atoms with van der Waals surface area (Å²) in [5.41, 5.74) is 0.888. The van der Waals surface area contributed by atoms with Gasteiger partial charge in [-0.15, -0.1) is 0 Å². The van der Waals surface area contributed by atoms with Crippen molar-refractivity contribution in [3.05, 3.63) is 54.1 Å². The van der Waals surface area contributed by atoms with E-state index in [2.05, 4.69) is 0 Å². The molecule has 0 N–H and O–H groups in total. The molecule has 0 fully saturated rings. The van der Waals surface area contributed by atoms with E-state index in [9.17, 15) is 8.78 Å². The van der Waals surface area contributed by atoms with Crippen molar-refractivity contribution < 1.29 is 13.5 Å². The predicted octanol–water partition coefficient (Wildman–Crippen LogP) is 4.03. The zero-order valence-corrected chi connectivity index (χ0v) is 9.41. The van der Waals surface area contributed by atoms with Crippen molar-refractivity contribution in [3.8, 4) is 16.9 Å². The molecule has 1 nitrogen and oxygen atoms in total. The minimum absolute atomic E-state index is 0.368. The molecule has 0 heterocycles. The van der Waals surface area contributed by atoms with Crippen LogP contribution in [-0.2, 0) is 0 Å². The van der Waals surface area contributed by atoms with Crippen molar-refractivity contribution in [2.24, 2.45) is 0 Å². The third-order valence-electron chi connectivity index (χ3n) is 2.39. The molecule has 0 aromatic heterocycles. The maximum absolute atomic E-state index is 13.8. The maximum Gasteiger partial charge on any atom is 0.134 e. The van der Waals surface area contributed by atoms with Crippen LogP contribution >= 0.6 is 0 Å². The van der Waals surface area contributed by atoms with Crippen LogP contribution < -0.4 is 4.74 Å². The fourth-order valence-electron chi connectivity index (χ4n) is 1.64. The topological polar surface area (TPSA) is 9.23 Å². The van der Waals surface area contributed by atoms with Gasteiger partial charge in [0.15, 0.2) is 0 Å². The van der Waals surface area contributed by atoms with Gasteiger partial charge in [0.1, 0.15) is 17.4 Å². The van der Waals surface area contributed by atoms with Crippen LogP contribution in [0.5, 0.6) is 5.75 Å². The molecule has 0 bridgehead atoms. The van der Waals surface area contributed by atoms with Crippen LogP contribution in [0.1, 0.15) is 6.92 Å². The molecule has 88 valence electrons. The molecule has 0 aliphatic rings. The number of hydrogen-bond donors (Lipinski definition) is 0. The molecule has 0 saturated heterocycles. The average molecular weight is 234 g/mol. The Morgan fingerprint density at radius 1 is 1.06 bits per heavy atom. The molecule has 0 radical (unpaired) electrons. The second-order valence-corrected chi connectivity index (χ2v) is 3.59. The summed E-state index contributed by atoms with van der Waals surface area (Å²) in [5, 5.41) is 0. The third kappa shape index (κ3) is 2.61. The molecular weight excluding hydrogens is 222 g/mol. The van der Waals surface area contributed by atoms with Crippen molar-refractivity contribution in [1.29, 1.82) is 0 Å². The molecule has 0 unspecified atom stereocenters. The number of ether oxygens (including phenoxy) is 1. The summed E-state index contributed by atoms with van der Waals surface area (Å²) in [6, 6.07) is 10.4. The van der Waals surface area contributed by atoms with Crippen molar-refractivity contribution in [3.63, 3.8) is 0 Å². The van der Waals surface area contributed by atoms with Gasteiger partial charge in [-0.05, 0) is 36.8 Å². The fourth-order valence-corrected chi connectivity index (χ4v) is 1.64. The van der Waals surface area contributed by atoms with Crippen molar-refractivity contribution in [2.45, 2.75) is 6.92 Å². The first-order valence-electron chi connectivity index (χ1n) is 5.39. The van der Waals surface area contributed by atoms with Gasteiger partial charge in [-0.1, -0.05) is 12.1 Å². The standard InChI is InChI=1S/C14H12F2O/c1-2-17-12-6-7-13(14(16)9-12)10-4-3-5-11(15)8-10/h3-9H,2H2,1H3. The number of benzene rings is 2. The van der Waals surface area contributed by atoms with Crippen LogP contribution in [0.25, 0.3) is 11.1 Å². The average Bonchev–Trinajstić information content (AvgIpc) is 2.29. The molecular formula is C14H12F2O. The lowest BCUT2D eigenvalue weighted by molar-refractivity contribution is 0.338. The van der Waals surface area contributed by atoms with E-state index in [4.69, 9.17) is 4.74 Å². The van der Waals surface area contributed by atoms with Crippen LogP contribution in [0.15, 0.2) is 42.5 Å². The normalized spacial score (nSPS) is 10.3. The first-order valence-corrected chi connectivity index (χ1v) is 5.39. The van der Waals surface area contributed by atoms with Gasteiger partial charge in [-0.2, -0.15) is 0 Å². The van der Waals surface area contributed by atoms with Crippen LogP contribution in [0.2, 0.25) is 0 Å². The first-order chi connectivity index (χ1) is 8.20. The van der Waals surface area contributed by atoms with Gasteiger partial charge in [-0.3, -0.25) is 0 Å². The largest absolute Gasteiger partial charge is 0.494 e. The Morgan fingerprint density at radius 3 is 2.53 bits per heavy atom. The minimum atomic E-state index is -0.415. The zero-order chi connectivity index (χ0) is 12.3. The Balaban J connectivity index is 2.39. The third-order valence-corrected chi connectivity index (χ3v) is 2.39. The number of hydrogen-bond acceptors (Lipinski definition) is 1. The molecule has 0 aliphatic carbocycles. The van der Waals surface area contributed by atoms with E-state index in [1.807, 2.05) is 6.92 Å². The van der Waals surface area contributed by atoms with Gasteiger partial charge in [0, 0.05) is 11.6 Å². The second-order valence-electron chi connectivity index (χ2n) is 3.59. The lowest BCUT2D eigenvalue weighted by Gasteiger charge is -2.07. The Morgan fingerprint density at radius 2 is 1.88 bits per heavy atom. The van der Waals surface area contributed by atoms with Crippen LogP contribution in [-0.4, -0.2) is 6.61 Å². The van der Waals surface area contributed by atoms with E-state index < -0.39 is 5.82 Å². The lowest BCUT2D eigenvalue weighted by atomic mass is 10.0. The highest BCUT2D eigenvalue weighted by Crippen LogP contribution is 2.26. The van der Waals surface area contributed by atoms with E-state index in [1.165, 1.54) is 18.2 Å². The Labute approximate surface area is 98.7 Å². The molecule has 17 heavy (non-hydrogen) atoms. The van der Waals surface area contributed by atoms with Gasteiger partial charge < -0.3 is 4.74 Å². The lowest BCUT2D eigenvalue weighted by Crippen LogP contribution is -1.93. The molecule has 0 saturated carbocycles. The Hall–Kier alpha value is -1.90. The molecule has 2 aromatic rings. The molecule has 0 aliphatic heterocycles. The van der Waals surface area contributed by atoms with E-state index >= 15 is 0 Å². The Bertz CT molecular complexity index is 523.